The van der Waals surface area contributed by atoms with Gasteiger partial charge >= 0.3 is 12.0 Å². The van der Waals surface area contributed by atoms with Gasteiger partial charge in [-0.15, -0.1) is 0 Å². The van der Waals surface area contributed by atoms with Gasteiger partial charge in [0.05, 0.1) is 5.56 Å². The minimum atomic E-state index is -0.960. The van der Waals surface area contributed by atoms with Crippen molar-refractivity contribution in [3.63, 3.8) is 0 Å². The molecule has 1 N–H and O–H groups in total. The topological polar surface area (TPSA) is 60.9 Å². The first-order chi connectivity index (χ1) is 9.59. The van der Waals surface area contributed by atoms with Crippen molar-refractivity contribution < 1.29 is 14.7 Å². The predicted molar refractivity (Wildman–Crippen MR) is 77.2 cm³/mol. The Morgan fingerprint density at radius 2 is 1.60 bits per heavy atom. The zero-order valence-electron chi connectivity index (χ0n) is 11.7. The van der Waals surface area contributed by atoms with Crippen LogP contribution in [0.3, 0.4) is 0 Å². The highest BCUT2D eigenvalue weighted by Gasteiger charge is 2.20. The molecule has 0 aromatic heterocycles. The molecule has 1 saturated heterocycles. The molecule has 0 spiro atoms. The van der Waals surface area contributed by atoms with Crippen LogP contribution in [0.4, 0.5) is 10.5 Å². The van der Waals surface area contributed by atoms with Crippen LogP contribution in [-0.2, 0) is 0 Å². The molecule has 1 aliphatic rings. The normalized spacial score (nSPS) is 15.6. The summed E-state index contributed by atoms with van der Waals surface area (Å²) in [7, 11) is 1.73. The number of carboxylic acid groups (broad SMARTS) is 1. The second-order valence-electron chi connectivity index (χ2n) is 5.09. The lowest BCUT2D eigenvalue weighted by molar-refractivity contribution is 0.0697. The van der Waals surface area contributed by atoms with Crippen molar-refractivity contribution in [3.8, 4) is 0 Å². The Labute approximate surface area is 118 Å². The average molecular weight is 276 g/mol. The van der Waals surface area contributed by atoms with Gasteiger partial charge in [0.15, 0.2) is 0 Å². The Kier molecular flexibility index (Phi) is 4.61. The molecule has 0 aliphatic carbocycles. The van der Waals surface area contributed by atoms with E-state index in [0.717, 1.165) is 25.9 Å². The SMILES string of the molecule is CN(C(=O)N1CCCCCC1)c1ccc(C(=O)O)cc1. The number of urea groups is 1. The number of carboxylic acids is 1. The van der Waals surface area contributed by atoms with Crippen molar-refractivity contribution in [1.82, 2.24) is 4.90 Å². The summed E-state index contributed by atoms with van der Waals surface area (Å²) in [6.45, 7) is 1.60. The quantitative estimate of drug-likeness (QED) is 0.903. The molecule has 5 nitrogen and oxygen atoms in total. The van der Waals surface area contributed by atoms with Crippen LogP contribution in [0.15, 0.2) is 24.3 Å². The Morgan fingerprint density at radius 3 is 2.10 bits per heavy atom. The van der Waals surface area contributed by atoms with Crippen LogP contribution in [-0.4, -0.2) is 42.1 Å². The van der Waals surface area contributed by atoms with Crippen molar-refractivity contribution in [2.24, 2.45) is 0 Å². The van der Waals surface area contributed by atoms with Crippen LogP contribution in [0.1, 0.15) is 36.0 Å². The molecule has 0 atom stereocenters. The number of benzene rings is 1. The number of rotatable bonds is 2. The van der Waals surface area contributed by atoms with Crippen LogP contribution in [0.5, 0.6) is 0 Å². The second-order valence-corrected chi connectivity index (χ2v) is 5.09. The van der Waals surface area contributed by atoms with E-state index < -0.39 is 5.97 Å². The monoisotopic (exact) mass is 276 g/mol. The summed E-state index contributed by atoms with van der Waals surface area (Å²) in [5.41, 5.74) is 0.939. The van der Waals surface area contributed by atoms with Gasteiger partial charge in [-0.1, -0.05) is 12.8 Å². The lowest BCUT2D eigenvalue weighted by Gasteiger charge is -2.27. The molecule has 0 unspecified atom stereocenters. The van der Waals surface area contributed by atoms with Crippen molar-refractivity contribution in [1.29, 1.82) is 0 Å². The van der Waals surface area contributed by atoms with Crippen molar-refractivity contribution >= 4 is 17.7 Å². The molecule has 1 aromatic rings. The highest BCUT2D eigenvalue weighted by atomic mass is 16.4. The molecule has 0 saturated carbocycles. The van der Waals surface area contributed by atoms with Gasteiger partial charge in [-0.2, -0.15) is 0 Å². The summed E-state index contributed by atoms with van der Waals surface area (Å²) in [5.74, 6) is -0.960. The molecular weight excluding hydrogens is 256 g/mol. The van der Waals surface area contributed by atoms with Gasteiger partial charge in [0.1, 0.15) is 0 Å². The van der Waals surface area contributed by atoms with E-state index in [2.05, 4.69) is 0 Å². The summed E-state index contributed by atoms with van der Waals surface area (Å²) in [6, 6.07) is 6.35. The first-order valence-electron chi connectivity index (χ1n) is 6.95. The third kappa shape index (κ3) is 3.29. The fraction of sp³-hybridized carbons (Fsp3) is 0.467. The minimum Gasteiger partial charge on any atom is -0.478 e. The zero-order chi connectivity index (χ0) is 14.5. The zero-order valence-corrected chi connectivity index (χ0v) is 11.7. The molecule has 108 valence electrons. The maximum Gasteiger partial charge on any atom is 0.335 e. The number of carbonyl (C=O) groups excluding carboxylic acids is 1. The molecule has 1 aromatic carbocycles. The van der Waals surface area contributed by atoms with Gasteiger partial charge in [-0.3, -0.25) is 4.90 Å². The maximum atomic E-state index is 12.4. The van der Waals surface area contributed by atoms with Crippen molar-refractivity contribution in [2.75, 3.05) is 25.0 Å². The number of hydrogen-bond donors (Lipinski definition) is 1. The Bertz CT molecular complexity index is 476. The fourth-order valence-corrected chi connectivity index (χ4v) is 2.41. The van der Waals surface area contributed by atoms with Gasteiger partial charge < -0.3 is 10.0 Å². The van der Waals surface area contributed by atoms with Gasteiger partial charge in [0.2, 0.25) is 0 Å². The number of aromatic carboxylic acids is 1. The first kappa shape index (κ1) is 14.4. The molecule has 20 heavy (non-hydrogen) atoms. The number of carbonyl (C=O) groups is 2. The van der Waals surface area contributed by atoms with Gasteiger partial charge in [0, 0.05) is 25.8 Å². The Balaban J connectivity index is 2.07. The summed E-state index contributed by atoms with van der Waals surface area (Å²) in [6.07, 6.45) is 4.47. The predicted octanol–water partition coefficient (Wildman–Crippen LogP) is 2.82. The lowest BCUT2D eigenvalue weighted by atomic mass is 10.2. The molecule has 1 heterocycles. The first-order valence-corrected chi connectivity index (χ1v) is 6.95. The molecule has 1 fully saturated rings. The van der Waals surface area contributed by atoms with E-state index in [4.69, 9.17) is 5.11 Å². The fourth-order valence-electron chi connectivity index (χ4n) is 2.41. The van der Waals surface area contributed by atoms with Crippen LogP contribution >= 0.6 is 0 Å². The second kappa shape index (κ2) is 6.41. The molecule has 0 bridgehead atoms. The molecule has 0 radical (unpaired) electrons. The largest absolute Gasteiger partial charge is 0.478 e. The van der Waals surface area contributed by atoms with E-state index in [1.165, 1.54) is 25.0 Å². The van der Waals surface area contributed by atoms with Crippen LogP contribution in [0.2, 0.25) is 0 Å². The number of nitrogens with zero attached hydrogens (tertiary/aromatic N) is 2. The van der Waals surface area contributed by atoms with E-state index in [1.54, 1.807) is 24.1 Å². The average Bonchev–Trinajstić information content (AvgIpc) is 2.75. The van der Waals surface area contributed by atoms with Crippen LogP contribution in [0, 0.1) is 0 Å². The highest BCUT2D eigenvalue weighted by Crippen LogP contribution is 2.18. The molecular formula is C15H20N2O3. The smallest absolute Gasteiger partial charge is 0.335 e. The van der Waals surface area contributed by atoms with E-state index in [9.17, 15) is 9.59 Å². The number of anilines is 1. The number of hydrogen-bond acceptors (Lipinski definition) is 2. The standard InChI is InChI=1S/C15H20N2O3/c1-16(13-8-6-12(7-9-13)14(18)19)15(20)17-10-4-2-3-5-11-17/h6-9H,2-5,10-11H2,1H3,(H,18,19). The molecule has 2 amide bonds. The van der Waals surface area contributed by atoms with E-state index >= 15 is 0 Å². The lowest BCUT2D eigenvalue weighted by Crippen LogP contribution is -2.41. The highest BCUT2D eigenvalue weighted by molar-refractivity contribution is 5.93. The summed E-state index contributed by atoms with van der Waals surface area (Å²) in [4.78, 5) is 26.7. The van der Waals surface area contributed by atoms with Crippen molar-refractivity contribution in [3.05, 3.63) is 29.8 Å². The van der Waals surface area contributed by atoms with E-state index in [-0.39, 0.29) is 11.6 Å². The third-order valence-electron chi connectivity index (χ3n) is 3.67. The molecule has 5 heteroatoms. The minimum absolute atomic E-state index is 0.0185. The molecule has 2 rings (SSSR count). The summed E-state index contributed by atoms with van der Waals surface area (Å²) in [5, 5.41) is 8.87. The molecule has 1 aliphatic heterocycles. The maximum absolute atomic E-state index is 12.4. The van der Waals surface area contributed by atoms with E-state index in [0.29, 0.717) is 5.69 Å². The Hall–Kier alpha value is -2.04. The van der Waals surface area contributed by atoms with E-state index in [1.807, 2.05) is 4.90 Å². The van der Waals surface area contributed by atoms with Gasteiger partial charge in [-0.05, 0) is 37.1 Å². The third-order valence-corrected chi connectivity index (χ3v) is 3.67. The number of likely N-dealkylation sites (tertiary alicyclic amines) is 1. The number of amides is 2. The summed E-state index contributed by atoms with van der Waals surface area (Å²) >= 11 is 0. The van der Waals surface area contributed by atoms with Crippen LogP contribution in [0.25, 0.3) is 0 Å². The summed E-state index contributed by atoms with van der Waals surface area (Å²) < 4.78 is 0. The van der Waals surface area contributed by atoms with Crippen molar-refractivity contribution in [2.45, 2.75) is 25.7 Å². The van der Waals surface area contributed by atoms with Crippen LogP contribution < -0.4 is 4.90 Å². The van der Waals surface area contributed by atoms with Gasteiger partial charge in [-0.25, -0.2) is 9.59 Å². The van der Waals surface area contributed by atoms with Gasteiger partial charge in [0.25, 0.3) is 0 Å². The Morgan fingerprint density at radius 1 is 1.05 bits per heavy atom.